The Balaban J connectivity index is 1.49. The van der Waals surface area contributed by atoms with Crippen LogP contribution in [0.4, 0.5) is 4.79 Å². The highest BCUT2D eigenvalue weighted by atomic mass is 35.5. The average Bonchev–Trinajstić information content (AvgIpc) is 3.03. The molecule has 4 saturated carbocycles. The summed E-state index contributed by atoms with van der Waals surface area (Å²) in [4.78, 5) is 35.4. The van der Waals surface area contributed by atoms with Gasteiger partial charge in [0, 0.05) is 24.1 Å². The first-order valence-corrected chi connectivity index (χ1v) is 11.8. The van der Waals surface area contributed by atoms with Crippen molar-refractivity contribution in [3.63, 3.8) is 0 Å². The molecule has 7 heteroatoms. The van der Waals surface area contributed by atoms with E-state index in [2.05, 4.69) is 19.1 Å². The number of nitrogens with zero attached hydrogens (tertiary/aromatic N) is 2. The van der Waals surface area contributed by atoms with Gasteiger partial charge < -0.3 is 4.74 Å². The predicted octanol–water partition coefficient (Wildman–Crippen LogP) is 5.33. The van der Waals surface area contributed by atoms with E-state index in [1.54, 1.807) is 0 Å². The topological polar surface area (TPSA) is 76.0 Å². The molecule has 162 valence electrons. The molecule has 29 heavy (non-hydrogen) atoms. The SMILES string of the molecule is CC12CCC(=O)CC1CCC1C2CCC2(C)C(OC(=O)N(CCCl)N=O)CCC12. The van der Waals surface area contributed by atoms with E-state index >= 15 is 0 Å². The van der Waals surface area contributed by atoms with Crippen molar-refractivity contribution >= 4 is 23.5 Å². The number of Topliss-reactive ketones (excluding diaryl/α,β-unsaturated/α-hetero) is 1. The number of nitroso groups, excluding NO2 is 1. The predicted molar refractivity (Wildman–Crippen MR) is 110 cm³/mol. The molecule has 0 bridgehead atoms. The molecular formula is C22H33ClN2O4. The number of rotatable bonds is 4. The molecule has 0 aromatic heterocycles. The summed E-state index contributed by atoms with van der Waals surface area (Å²) in [5.74, 6) is 3.01. The van der Waals surface area contributed by atoms with Crippen molar-refractivity contribution in [3.05, 3.63) is 4.91 Å². The molecule has 1 amide bonds. The number of carbonyl (C=O) groups is 2. The van der Waals surface area contributed by atoms with Gasteiger partial charge in [-0.05, 0) is 74.0 Å². The van der Waals surface area contributed by atoms with Gasteiger partial charge >= 0.3 is 6.09 Å². The van der Waals surface area contributed by atoms with Crippen molar-refractivity contribution in [2.75, 3.05) is 12.4 Å². The molecular weight excluding hydrogens is 392 g/mol. The first-order valence-electron chi connectivity index (χ1n) is 11.2. The minimum atomic E-state index is -0.670. The first-order chi connectivity index (χ1) is 13.8. The number of ketones is 1. The zero-order valence-corrected chi connectivity index (χ0v) is 18.3. The van der Waals surface area contributed by atoms with E-state index in [1.165, 1.54) is 6.42 Å². The molecule has 0 aromatic rings. The van der Waals surface area contributed by atoms with Gasteiger partial charge in [-0.3, -0.25) is 4.79 Å². The second kappa shape index (κ2) is 7.82. The van der Waals surface area contributed by atoms with Crippen molar-refractivity contribution in [3.8, 4) is 0 Å². The molecule has 4 fully saturated rings. The Morgan fingerprint density at radius 2 is 1.90 bits per heavy atom. The maximum absolute atomic E-state index is 12.4. The maximum Gasteiger partial charge on any atom is 0.433 e. The van der Waals surface area contributed by atoms with E-state index in [4.69, 9.17) is 16.3 Å². The van der Waals surface area contributed by atoms with Crippen LogP contribution in [0, 0.1) is 39.4 Å². The van der Waals surface area contributed by atoms with Crippen molar-refractivity contribution < 1.29 is 14.3 Å². The lowest BCUT2D eigenvalue weighted by Crippen LogP contribution is -2.54. The summed E-state index contributed by atoms with van der Waals surface area (Å²) in [6, 6.07) is 0. The zero-order chi connectivity index (χ0) is 20.8. The van der Waals surface area contributed by atoms with Gasteiger partial charge in [0.25, 0.3) is 0 Å². The monoisotopic (exact) mass is 424 g/mol. The molecule has 0 aromatic carbocycles. The minimum Gasteiger partial charge on any atom is -0.444 e. The summed E-state index contributed by atoms with van der Waals surface area (Å²) < 4.78 is 5.80. The lowest BCUT2D eigenvalue weighted by Gasteiger charge is -2.60. The standard InChI is InChI=1S/C22H33ClN2O4/c1-21-9-7-15(26)13-14(21)3-4-16-17-5-6-19(22(17,2)10-8-18(16)21)29-20(27)25(24-28)12-11-23/h14,16-19H,3-13H2,1-2H3. The van der Waals surface area contributed by atoms with E-state index in [1.807, 2.05) is 0 Å². The lowest BCUT2D eigenvalue weighted by molar-refractivity contribution is -0.142. The highest BCUT2D eigenvalue weighted by molar-refractivity contribution is 6.18. The summed E-state index contributed by atoms with van der Waals surface area (Å²) in [7, 11) is 0. The Morgan fingerprint density at radius 1 is 1.14 bits per heavy atom. The largest absolute Gasteiger partial charge is 0.444 e. The Morgan fingerprint density at radius 3 is 2.62 bits per heavy atom. The van der Waals surface area contributed by atoms with Crippen LogP contribution >= 0.6 is 11.6 Å². The van der Waals surface area contributed by atoms with Crippen LogP contribution in [0.25, 0.3) is 0 Å². The van der Waals surface area contributed by atoms with Crippen LogP contribution in [0.15, 0.2) is 5.29 Å². The quantitative estimate of drug-likeness (QED) is 0.347. The van der Waals surface area contributed by atoms with Crippen LogP contribution in [0.3, 0.4) is 0 Å². The van der Waals surface area contributed by atoms with Crippen LogP contribution < -0.4 is 0 Å². The number of alkyl halides is 1. The Hall–Kier alpha value is -1.17. The number of fused-ring (bicyclic) bond motifs is 5. The van der Waals surface area contributed by atoms with Crippen LogP contribution in [-0.2, 0) is 9.53 Å². The fourth-order valence-electron chi connectivity index (χ4n) is 7.62. The minimum absolute atomic E-state index is 0.0416. The normalized spacial score (nSPS) is 43.7. The van der Waals surface area contributed by atoms with Gasteiger partial charge in [-0.1, -0.05) is 13.8 Å². The van der Waals surface area contributed by atoms with Crippen molar-refractivity contribution in [2.45, 2.75) is 77.7 Å². The molecule has 4 rings (SSSR count). The van der Waals surface area contributed by atoms with Crippen LogP contribution in [0.1, 0.15) is 71.6 Å². The third-order valence-corrected chi connectivity index (χ3v) is 9.41. The Kier molecular flexibility index (Phi) is 5.69. The number of carbonyl (C=O) groups excluding carboxylic acids is 2. The highest BCUT2D eigenvalue weighted by Crippen LogP contribution is 2.66. The molecule has 7 atom stereocenters. The van der Waals surface area contributed by atoms with Gasteiger partial charge in [0.15, 0.2) is 0 Å². The van der Waals surface area contributed by atoms with E-state index in [9.17, 15) is 14.5 Å². The fraction of sp³-hybridized carbons (Fsp3) is 0.909. The van der Waals surface area contributed by atoms with E-state index in [0.717, 1.165) is 56.4 Å². The summed E-state index contributed by atoms with van der Waals surface area (Å²) in [6.07, 6.45) is 8.16. The fourth-order valence-corrected chi connectivity index (χ4v) is 7.78. The number of ether oxygens (including phenoxy) is 1. The van der Waals surface area contributed by atoms with Crippen LogP contribution in [0.2, 0.25) is 0 Å². The molecule has 4 aliphatic carbocycles. The van der Waals surface area contributed by atoms with Gasteiger partial charge in [0.2, 0.25) is 0 Å². The molecule has 0 saturated heterocycles. The summed E-state index contributed by atoms with van der Waals surface area (Å²) in [5, 5.41) is 3.56. The summed E-state index contributed by atoms with van der Waals surface area (Å²) in [5.41, 5.74) is 0.242. The lowest BCUT2D eigenvalue weighted by atomic mass is 9.45. The highest BCUT2D eigenvalue weighted by Gasteiger charge is 2.61. The van der Waals surface area contributed by atoms with Crippen molar-refractivity contribution in [1.29, 1.82) is 0 Å². The molecule has 0 aliphatic heterocycles. The first kappa shape index (κ1) is 21.1. The smallest absolute Gasteiger partial charge is 0.433 e. The van der Waals surface area contributed by atoms with E-state index in [-0.39, 0.29) is 29.4 Å². The molecule has 0 N–H and O–H groups in total. The number of hydrogen-bond acceptors (Lipinski definition) is 5. The molecule has 4 aliphatic rings. The van der Waals surface area contributed by atoms with E-state index < -0.39 is 6.09 Å². The van der Waals surface area contributed by atoms with Crippen LogP contribution in [0.5, 0.6) is 0 Å². The van der Waals surface area contributed by atoms with Gasteiger partial charge in [0.05, 0.1) is 11.8 Å². The van der Waals surface area contributed by atoms with Crippen LogP contribution in [-0.4, -0.2) is 35.4 Å². The van der Waals surface area contributed by atoms with Crippen molar-refractivity contribution in [2.24, 2.45) is 39.8 Å². The number of hydrogen-bond donors (Lipinski definition) is 0. The zero-order valence-electron chi connectivity index (χ0n) is 17.6. The molecule has 6 nitrogen and oxygen atoms in total. The van der Waals surface area contributed by atoms with Gasteiger partial charge in [-0.15, -0.1) is 16.5 Å². The molecule has 0 radical (unpaired) electrons. The van der Waals surface area contributed by atoms with Gasteiger partial charge in [-0.2, -0.15) is 5.01 Å². The third-order valence-electron chi connectivity index (χ3n) is 9.24. The average molecular weight is 425 g/mol. The van der Waals surface area contributed by atoms with Gasteiger partial charge in [0.1, 0.15) is 11.9 Å². The molecule has 7 unspecified atom stereocenters. The summed E-state index contributed by atoms with van der Waals surface area (Å²) in [6.45, 7) is 4.79. The second-order valence-electron chi connectivity index (χ2n) is 10.3. The Labute approximate surface area is 178 Å². The number of amides is 1. The van der Waals surface area contributed by atoms with Gasteiger partial charge in [-0.25, -0.2) is 4.79 Å². The van der Waals surface area contributed by atoms with E-state index in [0.29, 0.717) is 29.5 Å². The maximum atomic E-state index is 12.4. The molecule has 0 spiro atoms. The Bertz CT molecular complexity index is 688. The van der Waals surface area contributed by atoms with Crippen molar-refractivity contribution in [1.82, 2.24) is 5.01 Å². The third kappa shape index (κ3) is 3.39. The number of halogens is 1. The molecule has 0 heterocycles. The summed E-state index contributed by atoms with van der Waals surface area (Å²) >= 11 is 5.66. The second-order valence-corrected chi connectivity index (χ2v) is 10.7.